The molecule has 6 heteroatoms. The third-order valence-corrected chi connectivity index (χ3v) is 4.15. The van der Waals surface area contributed by atoms with Gasteiger partial charge in [0.25, 0.3) is 0 Å². The van der Waals surface area contributed by atoms with E-state index in [1.165, 1.54) is 5.56 Å². The van der Waals surface area contributed by atoms with E-state index in [2.05, 4.69) is 4.98 Å². The lowest BCUT2D eigenvalue weighted by molar-refractivity contribution is 0.0510. The standard InChI is InChI=1S/C17H22N4O2/c1-2-23-17(22)16-14-6-5-12-11-19-9-7-13(12)15(14)20-21(16)10-4-3-8-18/h7,9,11H,2-6,8,10,18H2,1H3. The number of nitrogens with two attached hydrogens (primary N) is 1. The van der Waals surface area contributed by atoms with Crippen LogP contribution in [-0.4, -0.2) is 33.9 Å². The van der Waals surface area contributed by atoms with E-state index in [0.717, 1.165) is 42.5 Å². The molecule has 0 spiro atoms. The van der Waals surface area contributed by atoms with Crippen molar-refractivity contribution < 1.29 is 9.53 Å². The Bertz CT molecular complexity index is 709. The summed E-state index contributed by atoms with van der Waals surface area (Å²) in [5, 5.41) is 4.71. The number of pyridine rings is 1. The van der Waals surface area contributed by atoms with E-state index in [-0.39, 0.29) is 5.97 Å². The van der Waals surface area contributed by atoms with Gasteiger partial charge in [-0.05, 0) is 50.8 Å². The highest BCUT2D eigenvalue weighted by Gasteiger charge is 2.28. The summed E-state index contributed by atoms with van der Waals surface area (Å²) in [4.78, 5) is 16.6. The lowest BCUT2D eigenvalue weighted by Crippen LogP contribution is -2.16. The molecule has 2 N–H and O–H groups in total. The molecular weight excluding hydrogens is 292 g/mol. The number of fused-ring (bicyclic) bond motifs is 3. The van der Waals surface area contributed by atoms with Gasteiger partial charge in [0, 0.05) is 30.1 Å². The maximum atomic E-state index is 12.4. The maximum Gasteiger partial charge on any atom is 0.356 e. The number of carbonyl (C=O) groups is 1. The minimum absolute atomic E-state index is 0.286. The number of rotatable bonds is 6. The van der Waals surface area contributed by atoms with Gasteiger partial charge in [-0.2, -0.15) is 5.10 Å². The summed E-state index contributed by atoms with van der Waals surface area (Å²) in [5.41, 5.74) is 10.3. The molecule has 0 saturated carbocycles. The molecule has 0 amide bonds. The van der Waals surface area contributed by atoms with Crippen LogP contribution in [0.2, 0.25) is 0 Å². The first-order valence-electron chi connectivity index (χ1n) is 8.16. The van der Waals surface area contributed by atoms with Crippen LogP contribution in [0.4, 0.5) is 0 Å². The molecule has 6 nitrogen and oxygen atoms in total. The van der Waals surface area contributed by atoms with Crippen LogP contribution < -0.4 is 5.73 Å². The summed E-state index contributed by atoms with van der Waals surface area (Å²) < 4.78 is 7.05. The maximum absolute atomic E-state index is 12.4. The minimum Gasteiger partial charge on any atom is -0.461 e. The summed E-state index contributed by atoms with van der Waals surface area (Å²) in [6.07, 6.45) is 7.12. The third-order valence-electron chi connectivity index (χ3n) is 4.15. The van der Waals surface area contributed by atoms with Gasteiger partial charge < -0.3 is 10.5 Å². The second kappa shape index (κ2) is 6.91. The molecule has 1 aliphatic rings. The lowest BCUT2D eigenvalue weighted by atomic mass is 9.90. The van der Waals surface area contributed by atoms with Crippen LogP contribution in [0.3, 0.4) is 0 Å². The normalized spacial score (nSPS) is 12.6. The third kappa shape index (κ3) is 2.99. The quantitative estimate of drug-likeness (QED) is 0.651. The second-order valence-corrected chi connectivity index (χ2v) is 5.65. The largest absolute Gasteiger partial charge is 0.461 e. The van der Waals surface area contributed by atoms with Crippen LogP contribution in [0.25, 0.3) is 11.3 Å². The van der Waals surface area contributed by atoms with Crippen molar-refractivity contribution in [3.63, 3.8) is 0 Å². The van der Waals surface area contributed by atoms with Crippen LogP contribution in [-0.2, 0) is 24.1 Å². The van der Waals surface area contributed by atoms with Crippen molar-refractivity contribution in [1.82, 2.24) is 14.8 Å². The van der Waals surface area contributed by atoms with E-state index in [0.29, 0.717) is 25.4 Å². The molecule has 0 bridgehead atoms. The van der Waals surface area contributed by atoms with Gasteiger partial charge in [0.05, 0.1) is 12.3 Å². The lowest BCUT2D eigenvalue weighted by Gasteiger charge is -2.14. The Morgan fingerprint density at radius 1 is 1.39 bits per heavy atom. The van der Waals surface area contributed by atoms with E-state index in [1.807, 2.05) is 19.2 Å². The Morgan fingerprint density at radius 3 is 3.04 bits per heavy atom. The fraction of sp³-hybridized carbons (Fsp3) is 0.471. The average Bonchev–Trinajstić information content (AvgIpc) is 2.94. The summed E-state index contributed by atoms with van der Waals surface area (Å²) in [6.45, 7) is 3.51. The molecule has 2 aromatic rings. The summed E-state index contributed by atoms with van der Waals surface area (Å²) >= 11 is 0. The number of ether oxygens (including phenoxy) is 1. The van der Waals surface area contributed by atoms with Crippen molar-refractivity contribution in [1.29, 1.82) is 0 Å². The molecule has 2 heterocycles. The van der Waals surface area contributed by atoms with E-state index < -0.39 is 0 Å². The van der Waals surface area contributed by atoms with Gasteiger partial charge in [0.2, 0.25) is 0 Å². The zero-order valence-electron chi connectivity index (χ0n) is 13.4. The Labute approximate surface area is 135 Å². The molecule has 1 aliphatic carbocycles. The molecule has 0 aromatic carbocycles. The number of aryl methyl sites for hydroxylation is 2. The number of aromatic nitrogens is 3. The number of esters is 1. The zero-order valence-corrected chi connectivity index (χ0v) is 13.4. The Kier molecular flexibility index (Phi) is 4.71. The number of unbranched alkanes of at least 4 members (excludes halogenated alkanes) is 1. The topological polar surface area (TPSA) is 83.0 Å². The molecule has 122 valence electrons. The van der Waals surface area contributed by atoms with E-state index >= 15 is 0 Å². The summed E-state index contributed by atoms with van der Waals surface area (Å²) in [5.74, 6) is -0.286. The average molecular weight is 314 g/mol. The monoisotopic (exact) mass is 314 g/mol. The molecule has 0 atom stereocenters. The van der Waals surface area contributed by atoms with Gasteiger partial charge in [-0.15, -0.1) is 0 Å². The molecular formula is C17H22N4O2. The number of hydrogen-bond donors (Lipinski definition) is 1. The van der Waals surface area contributed by atoms with Crippen LogP contribution in [0.5, 0.6) is 0 Å². The van der Waals surface area contributed by atoms with Crippen LogP contribution >= 0.6 is 0 Å². The van der Waals surface area contributed by atoms with E-state index in [1.54, 1.807) is 10.9 Å². The van der Waals surface area contributed by atoms with Crippen molar-refractivity contribution in [3.05, 3.63) is 35.3 Å². The smallest absolute Gasteiger partial charge is 0.356 e. The van der Waals surface area contributed by atoms with Gasteiger partial charge in [-0.3, -0.25) is 9.67 Å². The predicted molar refractivity (Wildman–Crippen MR) is 87.1 cm³/mol. The predicted octanol–water partition coefficient (Wildman–Crippen LogP) is 1.96. The molecule has 0 radical (unpaired) electrons. The van der Waals surface area contributed by atoms with E-state index in [9.17, 15) is 4.79 Å². The van der Waals surface area contributed by atoms with Crippen LogP contribution in [0.1, 0.15) is 41.4 Å². The van der Waals surface area contributed by atoms with Crippen LogP contribution in [0, 0.1) is 0 Å². The highest BCUT2D eigenvalue weighted by Crippen LogP contribution is 2.34. The first-order valence-corrected chi connectivity index (χ1v) is 8.16. The number of nitrogens with zero attached hydrogens (tertiary/aromatic N) is 3. The van der Waals surface area contributed by atoms with Crippen molar-refractivity contribution in [2.24, 2.45) is 5.73 Å². The molecule has 0 aliphatic heterocycles. The highest BCUT2D eigenvalue weighted by molar-refractivity contribution is 5.92. The fourth-order valence-corrected chi connectivity index (χ4v) is 3.07. The SMILES string of the molecule is CCOC(=O)c1c2c(nn1CCCCN)-c1ccncc1CC2. The molecule has 3 rings (SSSR count). The summed E-state index contributed by atoms with van der Waals surface area (Å²) in [7, 11) is 0. The van der Waals surface area contributed by atoms with Gasteiger partial charge in [0.15, 0.2) is 0 Å². The Morgan fingerprint density at radius 2 is 2.26 bits per heavy atom. The summed E-state index contributed by atoms with van der Waals surface area (Å²) in [6, 6.07) is 1.97. The minimum atomic E-state index is -0.286. The second-order valence-electron chi connectivity index (χ2n) is 5.65. The zero-order chi connectivity index (χ0) is 16.2. The van der Waals surface area contributed by atoms with Crippen molar-refractivity contribution >= 4 is 5.97 Å². The highest BCUT2D eigenvalue weighted by atomic mass is 16.5. The van der Waals surface area contributed by atoms with E-state index in [4.69, 9.17) is 15.6 Å². The van der Waals surface area contributed by atoms with Crippen molar-refractivity contribution in [2.75, 3.05) is 13.2 Å². The fourth-order valence-electron chi connectivity index (χ4n) is 3.07. The first kappa shape index (κ1) is 15.7. The van der Waals surface area contributed by atoms with Crippen molar-refractivity contribution in [2.45, 2.75) is 39.2 Å². The Hall–Kier alpha value is -2.21. The Balaban J connectivity index is 2.03. The molecule has 23 heavy (non-hydrogen) atoms. The van der Waals surface area contributed by atoms with Gasteiger partial charge in [-0.1, -0.05) is 0 Å². The first-order chi connectivity index (χ1) is 11.3. The number of hydrogen-bond acceptors (Lipinski definition) is 5. The van der Waals surface area contributed by atoms with Gasteiger partial charge >= 0.3 is 5.97 Å². The molecule has 0 saturated heterocycles. The molecule has 0 fully saturated rings. The molecule has 2 aromatic heterocycles. The van der Waals surface area contributed by atoms with Gasteiger partial charge in [-0.25, -0.2) is 4.79 Å². The molecule has 0 unspecified atom stereocenters. The van der Waals surface area contributed by atoms with Crippen molar-refractivity contribution in [3.8, 4) is 11.3 Å². The van der Waals surface area contributed by atoms with Gasteiger partial charge in [0.1, 0.15) is 5.69 Å². The van der Waals surface area contributed by atoms with Crippen LogP contribution in [0.15, 0.2) is 18.5 Å². The number of carbonyl (C=O) groups excluding carboxylic acids is 1.